The molecule has 0 spiro atoms. The van der Waals surface area contributed by atoms with E-state index in [4.69, 9.17) is 12.8 Å². The van der Waals surface area contributed by atoms with E-state index in [0.717, 1.165) is 32.7 Å². The molecule has 0 heterocycles. The molecule has 4 heteroatoms. The summed E-state index contributed by atoms with van der Waals surface area (Å²) in [5, 5.41) is 15.0. The predicted octanol–water partition coefficient (Wildman–Crippen LogP) is 15.9. The molecule has 0 bridgehead atoms. The van der Waals surface area contributed by atoms with Gasteiger partial charge in [0, 0.05) is 0 Å². The summed E-state index contributed by atoms with van der Waals surface area (Å²) < 4.78 is 0. The van der Waals surface area contributed by atoms with Crippen LogP contribution in [0.2, 0.25) is 0 Å². The minimum Gasteiger partial charge on any atom is -0.366 e. The Hall–Kier alpha value is -6.86. The van der Waals surface area contributed by atoms with Crippen molar-refractivity contribution in [3.05, 3.63) is 303 Å². The van der Waals surface area contributed by atoms with Gasteiger partial charge in [-0.15, -0.1) is 11.1 Å². The van der Waals surface area contributed by atoms with Gasteiger partial charge in [-0.2, -0.15) is 0 Å². The van der Waals surface area contributed by atoms with Gasteiger partial charge in [-0.1, -0.05) is 252 Å². The molecule has 0 amide bonds. The summed E-state index contributed by atoms with van der Waals surface area (Å²) >= 11 is 0. The minimum atomic E-state index is -0.847. The van der Waals surface area contributed by atoms with Gasteiger partial charge in [-0.05, 0) is 92.3 Å². The molecule has 12 rings (SSSR count). The van der Waals surface area contributed by atoms with Crippen LogP contribution in [-0.2, 0) is 44.8 Å². The molecule has 0 atom stereocenters. The van der Waals surface area contributed by atoms with Gasteiger partial charge in [-0.3, -0.25) is 11.8 Å². The number of fused-ring (bicyclic) bond motifs is 4. The molecule has 0 aliphatic heterocycles. The van der Waals surface area contributed by atoms with Gasteiger partial charge in [-0.25, -0.2) is 0 Å². The van der Waals surface area contributed by atoms with E-state index in [9.17, 15) is 0 Å². The molecule has 12 aromatic rings. The van der Waals surface area contributed by atoms with Crippen LogP contribution in [0.25, 0.3) is 65.3 Å². The van der Waals surface area contributed by atoms with Gasteiger partial charge in [0.25, 0.3) is 0 Å². The molecule has 0 fully saturated rings. The Balaban J connectivity index is 0.000000145. The summed E-state index contributed by atoms with van der Waals surface area (Å²) in [5.41, 5.74) is 6.59. The molecule has 0 saturated carbocycles. The summed E-state index contributed by atoms with van der Waals surface area (Å²) in [5.74, 6) is 6.53. The Morgan fingerprint density at radius 3 is 0.658 bits per heavy atom. The number of rotatable bonds is 8. The summed E-state index contributed by atoms with van der Waals surface area (Å²) in [6.07, 6.45) is 15.5. The summed E-state index contributed by atoms with van der Waals surface area (Å²) in [7, 11) is -1.69. The summed E-state index contributed by atoms with van der Waals surface area (Å²) in [6.45, 7) is 0. The maximum atomic E-state index is 7.73. The van der Waals surface area contributed by atoms with Crippen LogP contribution in [0.5, 0.6) is 0 Å². The van der Waals surface area contributed by atoms with Crippen LogP contribution in [0, 0.1) is 24.7 Å². The van der Waals surface area contributed by atoms with E-state index < -0.39 is 15.8 Å². The fraction of sp³-hybridized carbons (Fsp3) is 0.0145. The van der Waals surface area contributed by atoms with Crippen molar-refractivity contribution in [2.45, 2.75) is 0 Å². The van der Waals surface area contributed by atoms with Gasteiger partial charge in [0.15, 0.2) is 5.90 Å². The predicted molar refractivity (Wildman–Crippen MR) is 312 cm³/mol. The van der Waals surface area contributed by atoms with Crippen LogP contribution in [0.15, 0.2) is 279 Å². The van der Waals surface area contributed by atoms with Crippen molar-refractivity contribution in [3.63, 3.8) is 0 Å². The van der Waals surface area contributed by atoms with Crippen LogP contribution < -0.4 is 21.2 Å². The standard InChI is InChI=1S/C25H22P2.2C22H13.2Au/c1-5-13-22(14-6-1)26(23-15-7-2-8-16-23)21-27(24-17-9-3-10-18-24)25-19-11-4-12-20-25;2*1-2-17-18-12-6-8-14-20(18)22(16-10-4-3-5-11-16)21-15-9-7-13-19(17)21;;/h1-20H,21H2;2*3-15H;;/q;2*-1;2*+1/p+2. The molecule has 12 aromatic carbocycles. The second kappa shape index (κ2) is 25.7. The molecule has 0 unspecified atom stereocenters. The SMILES string of the molecule is [Au+].[Au+].[C-]#Cc1c2ccccc2c(-c2ccccc2)c2ccccc12.[C-]#Cc1c2ccccc2c(-c2ccccc2)c2ccccc12.c1ccc([PH+](C[PH+](c2ccccc2)c2ccccc2)c2ccccc2)cc1. The zero-order chi connectivity index (χ0) is 48.2. The zero-order valence-corrected chi connectivity index (χ0v) is 46.2. The summed E-state index contributed by atoms with van der Waals surface area (Å²) in [4.78, 5) is 0. The quantitative estimate of drug-likeness (QED) is 0.0468. The summed E-state index contributed by atoms with van der Waals surface area (Å²) in [6, 6.07) is 98.5. The van der Waals surface area contributed by atoms with Gasteiger partial charge in [0.1, 0.15) is 37.1 Å². The van der Waals surface area contributed by atoms with E-state index in [-0.39, 0.29) is 44.8 Å². The van der Waals surface area contributed by atoms with Crippen molar-refractivity contribution in [1.82, 2.24) is 0 Å². The molecule has 0 N–H and O–H groups in total. The molecule has 0 aliphatic rings. The van der Waals surface area contributed by atoms with E-state index >= 15 is 0 Å². The maximum absolute atomic E-state index is 7.73. The van der Waals surface area contributed by atoms with Crippen molar-refractivity contribution < 1.29 is 44.8 Å². The Labute approximate surface area is 464 Å². The topological polar surface area (TPSA) is 0 Å². The van der Waals surface area contributed by atoms with Gasteiger partial charge >= 0.3 is 44.8 Å². The largest absolute Gasteiger partial charge is 1.00 e. The number of hydrogen-bond donors (Lipinski definition) is 0. The van der Waals surface area contributed by atoms with E-state index in [1.165, 1.54) is 70.9 Å². The first-order valence-electron chi connectivity index (χ1n) is 24.0. The van der Waals surface area contributed by atoms with Crippen LogP contribution in [0.4, 0.5) is 0 Å². The third kappa shape index (κ3) is 11.7. The fourth-order valence-electron chi connectivity index (χ4n) is 9.83. The monoisotopic (exact) mass is 1330 g/mol. The Kier molecular flexibility index (Phi) is 18.5. The normalized spacial score (nSPS) is 10.5. The van der Waals surface area contributed by atoms with Crippen molar-refractivity contribution in [1.29, 1.82) is 0 Å². The second-order valence-corrected chi connectivity index (χ2v) is 22.9. The molecular weight excluding hydrogens is 1280 g/mol. The Bertz CT molecular complexity index is 3350. The van der Waals surface area contributed by atoms with Gasteiger partial charge in [0.2, 0.25) is 0 Å². The average Bonchev–Trinajstić information content (AvgIpc) is 3.46. The molecule has 0 nitrogen and oxygen atoms in total. The fourth-order valence-corrected chi connectivity index (χ4v) is 17.6. The Morgan fingerprint density at radius 1 is 0.247 bits per heavy atom. The number of hydrogen-bond acceptors (Lipinski definition) is 0. The third-order valence-electron chi connectivity index (χ3n) is 13.1. The molecule has 0 radical (unpaired) electrons. The molecule has 356 valence electrons. The zero-order valence-electron chi connectivity index (χ0n) is 39.9. The van der Waals surface area contributed by atoms with Crippen molar-refractivity contribution >= 4 is 80.2 Å². The molecule has 0 saturated heterocycles. The van der Waals surface area contributed by atoms with E-state index in [1.54, 1.807) is 0 Å². The van der Waals surface area contributed by atoms with E-state index in [2.05, 4.69) is 254 Å². The smallest absolute Gasteiger partial charge is 0.366 e. The van der Waals surface area contributed by atoms with Crippen molar-refractivity contribution in [2.24, 2.45) is 0 Å². The van der Waals surface area contributed by atoms with Gasteiger partial charge in [0.05, 0.1) is 0 Å². The first-order chi connectivity index (χ1) is 35.2. The van der Waals surface area contributed by atoms with E-state index in [0.29, 0.717) is 0 Å². The molecular formula is C69H50Au2P2+2. The third-order valence-corrected chi connectivity index (χ3v) is 20.0. The first kappa shape index (κ1) is 52.5. The first-order valence-corrected chi connectivity index (χ1v) is 27.4. The van der Waals surface area contributed by atoms with E-state index in [1.807, 2.05) is 36.4 Å². The Morgan fingerprint density at radius 2 is 0.438 bits per heavy atom. The molecule has 73 heavy (non-hydrogen) atoms. The van der Waals surface area contributed by atoms with Crippen molar-refractivity contribution in [2.75, 3.05) is 5.90 Å². The van der Waals surface area contributed by atoms with Gasteiger partial charge < -0.3 is 12.8 Å². The minimum absolute atomic E-state index is 0. The van der Waals surface area contributed by atoms with Crippen LogP contribution in [0.1, 0.15) is 11.1 Å². The molecule has 0 aliphatic carbocycles. The number of benzene rings is 12. The second-order valence-electron chi connectivity index (χ2n) is 17.3. The average molecular weight is 1340 g/mol. The van der Waals surface area contributed by atoms with Crippen LogP contribution in [0.3, 0.4) is 0 Å². The maximum Gasteiger partial charge on any atom is 1.00 e. The molecule has 0 aromatic heterocycles. The van der Waals surface area contributed by atoms with Crippen LogP contribution in [-0.4, -0.2) is 5.90 Å². The van der Waals surface area contributed by atoms with Crippen molar-refractivity contribution in [3.8, 4) is 34.1 Å². The van der Waals surface area contributed by atoms with Crippen LogP contribution >= 0.6 is 15.8 Å².